The van der Waals surface area contributed by atoms with Crippen LogP contribution < -0.4 is 0 Å². The van der Waals surface area contributed by atoms with Crippen LogP contribution in [0, 0.1) is 5.82 Å². The highest BCUT2D eigenvalue weighted by molar-refractivity contribution is 9.10. The highest BCUT2D eigenvalue weighted by Crippen LogP contribution is 2.29. The molecule has 0 saturated heterocycles. The number of aryl methyl sites for hydroxylation is 2. The van der Waals surface area contributed by atoms with E-state index in [1.54, 1.807) is 12.1 Å². The van der Waals surface area contributed by atoms with E-state index in [4.69, 9.17) is 0 Å². The van der Waals surface area contributed by atoms with Gasteiger partial charge in [0, 0.05) is 10.0 Å². The second kappa shape index (κ2) is 6.51. The molecule has 106 valence electrons. The zero-order valence-electron chi connectivity index (χ0n) is 11.7. The molecular formula is C17H18BrFO. The third kappa shape index (κ3) is 3.10. The van der Waals surface area contributed by atoms with Crippen molar-refractivity contribution in [3.05, 3.63) is 68.9 Å². The van der Waals surface area contributed by atoms with Crippen molar-refractivity contribution in [3.8, 4) is 0 Å². The molecule has 0 aromatic heterocycles. The molecule has 0 radical (unpaired) electrons. The molecule has 0 aliphatic carbocycles. The van der Waals surface area contributed by atoms with E-state index in [9.17, 15) is 9.50 Å². The first-order valence-electron chi connectivity index (χ1n) is 6.81. The number of hydrogen-bond donors (Lipinski definition) is 1. The van der Waals surface area contributed by atoms with E-state index in [0.29, 0.717) is 10.0 Å². The molecular weight excluding hydrogens is 319 g/mol. The van der Waals surface area contributed by atoms with Gasteiger partial charge in [0.15, 0.2) is 0 Å². The average Bonchev–Trinajstić information content (AvgIpc) is 2.46. The molecule has 2 aromatic carbocycles. The van der Waals surface area contributed by atoms with Crippen molar-refractivity contribution >= 4 is 15.9 Å². The van der Waals surface area contributed by atoms with Gasteiger partial charge >= 0.3 is 0 Å². The minimum atomic E-state index is -0.926. The number of benzene rings is 2. The predicted molar refractivity (Wildman–Crippen MR) is 83.4 cm³/mol. The zero-order chi connectivity index (χ0) is 14.7. The summed E-state index contributed by atoms with van der Waals surface area (Å²) in [4.78, 5) is 0. The first-order chi connectivity index (χ1) is 9.56. The van der Waals surface area contributed by atoms with Gasteiger partial charge in [0.05, 0.1) is 0 Å². The number of halogens is 2. The zero-order valence-corrected chi connectivity index (χ0v) is 13.2. The maximum atomic E-state index is 14.0. The first-order valence-corrected chi connectivity index (χ1v) is 7.60. The van der Waals surface area contributed by atoms with Crippen LogP contribution in [-0.2, 0) is 12.8 Å². The summed E-state index contributed by atoms with van der Waals surface area (Å²) in [6.07, 6.45) is 0.783. The lowest BCUT2D eigenvalue weighted by Crippen LogP contribution is -2.06. The van der Waals surface area contributed by atoms with Crippen LogP contribution >= 0.6 is 15.9 Å². The van der Waals surface area contributed by atoms with Gasteiger partial charge in [0.1, 0.15) is 11.9 Å². The van der Waals surface area contributed by atoms with E-state index in [1.807, 2.05) is 19.1 Å². The van der Waals surface area contributed by atoms with Crippen molar-refractivity contribution in [2.75, 3.05) is 0 Å². The Balaban J connectivity index is 2.48. The Morgan fingerprint density at radius 3 is 2.40 bits per heavy atom. The maximum Gasteiger partial charge on any atom is 0.130 e. The maximum absolute atomic E-state index is 14.0. The van der Waals surface area contributed by atoms with Crippen LogP contribution in [0.3, 0.4) is 0 Å². The quantitative estimate of drug-likeness (QED) is 0.850. The van der Waals surface area contributed by atoms with E-state index in [2.05, 4.69) is 28.9 Å². The summed E-state index contributed by atoms with van der Waals surface area (Å²) in [6.45, 7) is 4.10. The standard InChI is InChI=1S/C17H18BrFO/c1-3-11-5-6-12(4-2)15(9-11)17(20)14-8-7-13(18)10-16(14)19/h5-10,17,20H,3-4H2,1-2H3. The van der Waals surface area contributed by atoms with Gasteiger partial charge in [-0.25, -0.2) is 4.39 Å². The molecule has 1 atom stereocenters. The Morgan fingerprint density at radius 2 is 1.80 bits per heavy atom. The highest BCUT2D eigenvalue weighted by atomic mass is 79.9. The fraction of sp³-hybridized carbons (Fsp3) is 0.294. The van der Waals surface area contributed by atoms with Crippen LogP contribution in [0.1, 0.15) is 42.2 Å². The minimum Gasteiger partial charge on any atom is -0.384 e. The van der Waals surface area contributed by atoms with Gasteiger partial charge in [-0.15, -0.1) is 0 Å². The van der Waals surface area contributed by atoms with Crippen LogP contribution in [0.15, 0.2) is 40.9 Å². The third-order valence-corrected chi connectivity index (χ3v) is 4.04. The largest absolute Gasteiger partial charge is 0.384 e. The van der Waals surface area contributed by atoms with Crippen LogP contribution in [0.4, 0.5) is 4.39 Å². The SMILES string of the molecule is CCc1ccc(CC)c(C(O)c2ccc(Br)cc2F)c1. The molecule has 0 bridgehead atoms. The molecule has 1 nitrogen and oxygen atoms in total. The van der Waals surface area contributed by atoms with E-state index in [-0.39, 0.29) is 0 Å². The van der Waals surface area contributed by atoms with Gasteiger partial charge in [-0.1, -0.05) is 54.0 Å². The Kier molecular flexibility index (Phi) is 4.95. The van der Waals surface area contributed by atoms with Crippen molar-refractivity contribution in [2.24, 2.45) is 0 Å². The van der Waals surface area contributed by atoms with Crippen LogP contribution in [-0.4, -0.2) is 5.11 Å². The Hall–Kier alpha value is -1.19. The smallest absolute Gasteiger partial charge is 0.130 e. The number of hydrogen-bond acceptors (Lipinski definition) is 1. The summed E-state index contributed by atoms with van der Waals surface area (Å²) < 4.78 is 14.7. The fourth-order valence-electron chi connectivity index (χ4n) is 2.33. The van der Waals surface area contributed by atoms with Crippen molar-refractivity contribution in [3.63, 3.8) is 0 Å². The van der Waals surface area contributed by atoms with Crippen LogP contribution in [0.25, 0.3) is 0 Å². The van der Waals surface area contributed by atoms with E-state index in [1.165, 1.54) is 6.07 Å². The second-order valence-corrected chi connectivity index (χ2v) is 5.72. The third-order valence-electron chi connectivity index (χ3n) is 3.55. The van der Waals surface area contributed by atoms with Crippen LogP contribution in [0.5, 0.6) is 0 Å². The predicted octanol–water partition coefficient (Wildman–Crippen LogP) is 4.79. The molecule has 1 unspecified atom stereocenters. The molecule has 1 N–H and O–H groups in total. The number of rotatable bonds is 4. The molecule has 0 aliphatic heterocycles. The van der Waals surface area contributed by atoms with Crippen molar-refractivity contribution < 1.29 is 9.50 Å². The normalized spacial score (nSPS) is 12.4. The van der Waals surface area contributed by atoms with E-state index in [0.717, 1.165) is 29.5 Å². The molecule has 0 aliphatic rings. The minimum absolute atomic E-state index is 0.316. The summed E-state index contributed by atoms with van der Waals surface area (Å²) in [5, 5.41) is 10.5. The van der Waals surface area contributed by atoms with Gasteiger partial charge in [-0.2, -0.15) is 0 Å². The van der Waals surface area contributed by atoms with Crippen molar-refractivity contribution in [2.45, 2.75) is 32.8 Å². The molecule has 3 heteroatoms. The molecule has 0 fully saturated rings. The van der Waals surface area contributed by atoms with Gasteiger partial charge in [-0.05, 0) is 41.7 Å². The van der Waals surface area contributed by atoms with Gasteiger partial charge < -0.3 is 5.11 Å². The summed E-state index contributed by atoms with van der Waals surface area (Å²) >= 11 is 3.23. The van der Waals surface area contributed by atoms with Crippen LogP contribution in [0.2, 0.25) is 0 Å². The molecule has 0 heterocycles. The summed E-state index contributed by atoms with van der Waals surface area (Å²) in [7, 11) is 0. The van der Waals surface area contributed by atoms with E-state index < -0.39 is 11.9 Å². The lowest BCUT2D eigenvalue weighted by atomic mass is 9.93. The summed E-state index contributed by atoms with van der Waals surface area (Å²) in [5.74, 6) is -0.393. The Labute approximate surface area is 127 Å². The lowest BCUT2D eigenvalue weighted by Gasteiger charge is -2.17. The topological polar surface area (TPSA) is 20.2 Å². The molecule has 20 heavy (non-hydrogen) atoms. The molecule has 2 rings (SSSR count). The summed E-state index contributed by atoms with van der Waals surface area (Å²) in [6, 6.07) is 10.8. The monoisotopic (exact) mass is 336 g/mol. The van der Waals surface area contributed by atoms with Gasteiger partial charge in [0.2, 0.25) is 0 Å². The number of aliphatic hydroxyl groups is 1. The second-order valence-electron chi connectivity index (χ2n) is 4.81. The van der Waals surface area contributed by atoms with Gasteiger partial charge in [0.25, 0.3) is 0 Å². The number of aliphatic hydroxyl groups excluding tert-OH is 1. The fourth-order valence-corrected chi connectivity index (χ4v) is 2.66. The first kappa shape index (κ1) is 15.2. The summed E-state index contributed by atoms with van der Waals surface area (Å²) in [5.41, 5.74) is 3.31. The lowest BCUT2D eigenvalue weighted by molar-refractivity contribution is 0.213. The highest BCUT2D eigenvalue weighted by Gasteiger charge is 2.18. The van der Waals surface area contributed by atoms with Crippen molar-refractivity contribution in [1.29, 1.82) is 0 Å². The van der Waals surface area contributed by atoms with E-state index >= 15 is 0 Å². The average molecular weight is 337 g/mol. The molecule has 0 saturated carbocycles. The Morgan fingerprint density at radius 1 is 1.05 bits per heavy atom. The molecule has 0 amide bonds. The van der Waals surface area contributed by atoms with Gasteiger partial charge in [-0.3, -0.25) is 0 Å². The molecule has 2 aromatic rings. The Bertz CT molecular complexity index is 610. The van der Waals surface area contributed by atoms with Crippen molar-refractivity contribution in [1.82, 2.24) is 0 Å². The molecule has 0 spiro atoms.